The van der Waals surface area contributed by atoms with Crippen molar-refractivity contribution in [2.75, 3.05) is 19.0 Å². The van der Waals surface area contributed by atoms with Crippen LogP contribution in [0.15, 0.2) is 0 Å². The summed E-state index contributed by atoms with van der Waals surface area (Å²) in [5.74, 6) is 1.18. The first-order valence-corrected chi connectivity index (χ1v) is 7.23. The second-order valence-electron chi connectivity index (χ2n) is 4.24. The van der Waals surface area contributed by atoms with E-state index in [1.54, 1.807) is 4.31 Å². The summed E-state index contributed by atoms with van der Waals surface area (Å²) in [7, 11) is -2.93. The van der Waals surface area contributed by atoms with Gasteiger partial charge in [0.05, 0.1) is 5.25 Å². The van der Waals surface area contributed by atoms with Crippen molar-refractivity contribution in [1.82, 2.24) is 4.31 Å². The van der Waals surface area contributed by atoms with Crippen molar-refractivity contribution in [3.8, 4) is 0 Å². The lowest BCUT2D eigenvalue weighted by Gasteiger charge is -2.30. The van der Waals surface area contributed by atoms with Crippen LogP contribution in [0.5, 0.6) is 0 Å². The van der Waals surface area contributed by atoms with Crippen LogP contribution in [-0.2, 0) is 10.0 Å². The molecule has 2 aliphatic rings. The zero-order valence-corrected chi connectivity index (χ0v) is 9.73. The zero-order chi connectivity index (χ0) is 10.2. The molecule has 1 aliphatic heterocycles. The Morgan fingerprint density at radius 3 is 2.14 bits per heavy atom. The van der Waals surface area contributed by atoms with Crippen LogP contribution < -0.4 is 0 Å². The Bertz CT molecular complexity index is 292. The van der Waals surface area contributed by atoms with Crippen molar-refractivity contribution < 1.29 is 8.42 Å². The van der Waals surface area contributed by atoms with E-state index in [1.165, 1.54) is 0 Å². The molecule has 0 bridgehead atoms. The molecule has 1 saturated heterocycles. The fourth-order valence-corrected chi connectivity index (χ4v) is 4.08. The van der Waals surface area contributed by atoms with Crippen molar-refractivity contribution in [2.45, 2.75) is 30.9 Å². The number of alkyl halides is 1. The van der Waals surface area contributed by atoms with E-state index in [2.05, 4.69) is 0 Å². The molecule has 0 aromatic rings. The van der Waals surface area contributed by atoms with Crippen molar-refractivity contribution in [3.63, 3.8) is 0 Å². The molecular formula is C9H16ClNO2S. The Labute approximate surface area is 90.5 Å². The van der Waals surface area contributed by atoms with Gasteiger partial charge in [0.15, 0.2) is 0 Å². The summed E-state index contributed by atoms with van der Waals surface area (Å²) in [4.78, 5) is 0. The Morgan fingerprint density at radius 1 is 1.14 bits per heavy atom. The predicted octanol–water partition coefficient (Wildman–Crippen LogP) is 1.43. The highest BCUT2D eigenvalue weighted by atomic mass is 35.5. The summed E-state index contributed by atoms with van der Waals surface area (Å²) >= 11 is 5.75. The molecule has 14 heavy (non-hydrogen) atoms. The maximum Gasteiger partial charge on any atom is 0.216 e. The van der Waals surface area contributed by atoms with E-state index in [-0.39, 0.29) is 5.25 Å². The van der Waals surface area contributed by atoms with Crippen molar-refractivity contribution >= 4 is 21.6 Å². The third kappa shape index (κ3) is 2.07. The van der Waals surface area contributed by atoms with E-state index in [0.717, 1.165) is 25.7 Å². The van der Waals surface area contributed by atoms with Crippen molar-refractivity contribution in [2.24, 2.45) is 5.92 Å². The molecule has 3 nitrogen and oxygen atoms in total. The van der Waals surface area contributed by atoms with Gasteiger partial charge in [-0.1, -0.05) is 0 Å². The molecule has 2 fully saturated rings. The maximum atomic E-state index is 11.8. The van der Waals surface area contributed by atoms with Gasteiger partial charge in [-0.2, -0.15) is 0 Å². The van der Waals surface area contributed by atoms with Crippen LogP contribution in [0.4, 0.5) is 0 Å². The topological polar surface area (TPSA) is 37.4 Å². The maximum absolute atomic E-state index is 11.8. The first kappa shape index (κ1) is 10.7. The van der Waals surface area contributed by atoms with Gasteiger partial charge in [0, 0.05) is 19.0 Å². The molecule has 0 spiro atoms. The van der Waals surface area contributed by atoms with Gasteiger partial charge in [0.1, 0.15) is 0 Å². The summed E-state index contributed by atoms with van der Waals surface area (Å²) in [5, 5.41) is -0.0601. The quantitative estimate of drug-likeness (QED) is 0.697. The average molecular weight is 238 g/mol. The van der Waals surface area contributed by atoms with Crippen LogP contribution in [0, 0.1) is 5.92 Å². The van der Waals surface area contributed by atoms with E-state index in [9.17, 15) is 8.42 Å². The number of halogens is 1. The second-order valence-corrected chi connectivity index (χ2v) is 6.76. The summed E-state index contributed by atoms with van der Waals surface area (Å²) < 4.78 is 25.3. The SMILES string of the molecule is O=S(=O)(C1CC1)N1CCC(CCl)CC1. The van der Waals surface area contributed by atoms with Crippen LogP contribution >= 0.6 is 11.6 Å². The molecule has 5 heteroatoms. The monoisotopic (exact) mass is 237 g/mol. The second kappa shape index (κ2) is 3.99. The van der Waals surface area contributed by atoms with Gasteiger partial charge >= 0.3 is 0 Å². The van der Waals surface area contributed by atoms with E-state index in [0.29, 0.717) is 24.9 Å². The fourth-order valence-electron chi connectivity index (χ4n) is 1.89. The zero-order valence-electron chi connectivity index (χ0n) is 8.15. The molecular weight excluding hydrogens is 222 g/mol. The van der Waals surface area contributed by atoms with E-state index in [4.69, 9.17) is 11.6 Å². The van der Waals surface area contributed by atoms with Gasteiger partial charge in [-0.3, -0.25) is 0 Å². The minimum absolute atomic E-state index is 0.0601. The Balaban J connectivity index is 1.94. The Morgan fingerprint density at radius 2 is 1.71 bits per heavy atom. The van der Waals surface area contributed by atoms with Gasteiger partial charge < -0.3 is 0 Å². The number of hydrogen-bond donors (Lipinski definition) is 0. The highest BCUT2D eigenvalue weighted by Gasteiger charge is 2.40. The summed E-state index contributed by atoms with van der Waals surface area (Å²) in [6, 6.07) is 0. The smallest absolute Gasteiger partial charge is 0.212 e. The highest BCUT2D eigenvalue weighted by molar-refractivity contribution is 7.90. The van der Waals surface area contributed by atoms with Crippen LogP contribution in [0.1, 0.15) is 25.7 Å². The summed E-state index contributed by atoms with van der Waals surface area (Å²) in [5.41, 5.74) is 0. The van der Waals surface area contributed by atoms with Crippen molar-refractivity contribution in [3.05, 3.63) is 0 Å². The van der Waals surface area contributed by atoms with Crippen molar-refractivity contribution in [1.29, 1.82) is 0 Å². The molecule has 1 heterocycles. The molecule has 0 radical (unpaired) electrons. The van der Waals surface area contributed by atoms with Crippen LogP contribution in [0.25, 0.3) is 0 Å². The average Bonchev–Trinajstić information content (AvgIpc) is 3.01. The van der Waals surface area contributed by atoms with Gasteiger partial charge in [-0.05, 0) is 31.6 Å². The first-order chi connectivity index (χ1) is 6.64. The minimum Gasteiger partial charge on any atom is -0.212 e. The Hall–Kier alpha value is 0.200. The number of rotatable bonds is 3. The molecule has 0 aromatic heterocycles. The summed E-state index contributed by atoms with van der Waals surface area (Å²) in [6.45, 7) is 1.35. The predicted molar refractivity (Wildman–Crippen MR) is 57.0 cm³/mol. The van der Waals surface area contributed by atoms with Crippen LogP contribution in [0.3, 0.4) is 0 Å². The molecule has 82 valence electrons. The normalized spacial score (nSPS) is 26.6. The van der Waals surface area contributed by atoms with E-state index < -0.39 is 10.0 Å². The Kier molecular flexibility index (Phi) is 3.05. The van der Waals surface area contributed by atoms with Crippen LogP contribution in [-0.4, -0.2) is 36.9 Å². The third-order valence-corrected chi connectivity index (χ3v) is 5.93. The fraction of sp³-hybridized carbons (Fsp3) is 1.00. The van der Waals surface area contributed by atoms with E-state index in [1.807, 2.05) is 0 Å². The molecule has 0 unspecified atom stereocenters. The van der Waals surface area contributed by atoms with Gasteiger partial charge in [0.25, 0.3) is 0 Å². The molecule has 0 amide bonds. The van der Waals surface area contributed by atoms with E-state index >= 15 is 0 Å². The number of piperidine rings is 1. The lowest BCUT2D eigenvalue weighted by Crippen LogP contribution is -2.40. The molecule has 0 N–H and O–H groups in total. The molecule has 2 rings (SSSR count). The summed E-state index contributed by atoms with van der Waals surface area (Å²) in [6.07, 6.45) is 3.57. The minimum atomic E-state index is -2.93. The largest absolute Gasteiger partial charge is 0.216 e. The molecule has 0 aromatic carbocycles. The first-order valence-electron chi connectivity index (χ1n) is 5.19. The van der Waals surface area contributed by atoms with Gasteiger partial charge in [-0.25, -0.2) is 12.7 Å². The molecule has 0 atom stereocenters. The lowest BCUT2D eigenvalue weighted by atomic mass is 10.0. The number of nitrogens with zero attached hydrogens (tertiary/aromatic N) is 1. The van der Waals surface area contributed by atoms with Gasteiger partial charge in [-0.15, -0.1) is 11.6 Å². The third-order valence-electron chi connectivity index (χ3n) is 3.10. The van der Waals surface area contributed by atoms with Crippen LogP contribution in [0.2, 0.25) is 0 Å². The molecule has 1 aliphatic carbocycles. The lowest BCUT2D eigenvalue weighted by molar-refractivity contribution is 0.290. The highest BCUT2D eigenvalue weighted by Crippen LogP contribution is 2.33. The molecule has 1 saturated carbocycles. The number of sulfonamides is 1. The van der Waals surface area contributed by atoms with Gasteiger partial charge in [0.2, 0.25) is 10.0 Å². The number of hydrogen-bond acceptors (Lipinski definition) is 2. The standard InChI is InChI=1S/C9H16ClNO2S/c10-7-8-3-5-11(6-4-8)14(12,13)9-1-2-9/h8-9H,1-7H2.